The van der Waals surface area contributed by atoms with Crippen molar-refractivity contribution in [2.24, 2.45) is 0 Å². The van der Waals surface area contributed by atoms with Crippen molar-refractivity contribution >= 4 is 22.9 Å². The summed E-state index contributed by atoms with van der Waals surface area (Å²) in [5.41, 5.74) is 8.84. The molecule has 4 aromatic rings. The molecule has 0 bridgehead atoms. The van der Waals surface area contributed by atoms with Crippen LogP contribution in [-0.4, -0.2) is 27.6 Å². The minimum Gasteiger partial charge on any atom is -0.381 e. The molecule has 142 valence electrons. The third-order valence-corrected chi connectivity index (χ3v) is 4.64. The number of nitriles is 1. The van der Waals surface area contributed by atoms with Crippen molar-refractivity contribution in [1.82, 2.24) is 14.6 Å². The number of halogens is 1. The SMILES string of the molecule is CN(C(=O)c1ccn2ncc(-c3cnc(N)c(F)c3)c2c1)c1ccc(C#N)cc1. The highest BCUT2D eigenvalue weighted by Crippen LogP contribution is 2.27. The summed E-state index contributed by atoms with van der Waals surface area (Å²) >= 11 is 0. The molecule has 0 aliphatic rings. The van der Waals surface area contributed by atoms with Gasteiger partial charge in [-0.1, -0.05) is 0 Å². The number of rotatable bonds is 3. The van der Waals surface area contributed by atoms with Crippen LogP contribution < -0.4 is 10.6 Å². The lowest BCUT2D eigenvalue weighted by Crippen LogP contribution is -2.26. The van der Waals surface area contributed by atoms with Gasteiger partial charge < -0.3 is 10.6 Å². The number of pyridine rings is 2. The van der Waals surface area contributed by atoms with Gasteiger partial charge in [0.1, 0.15) is 0 Å². The van der Waals surface area contributed by atoms with Gasteiger partial charge in [-0.25, -0.2) is 13.9 Å². The molecule has 1 aromatic carbocycles. The molecule has 0 unspecified atom stereocenters. The van der Waals surface area contributed by atoms with Crippen LogP contribution in [0.2, 0.25) is 0 Å². The van der Waals surface area contributed by atoms with Crippen molar-refractivity contribution < 1.29 is 9.18 Å². The predicted octanol–water partition coefficient (Wildman–Crippen LogP) is 3.27. The number of hydrogen-bond acceptors (Lipinski definition) is 5. The Morgan fingerprint density at radius 1 is 1.21 bits per heavy atom. The van der Waals surface area contributed by atoms with Gasteiger partial charge in [0.25, 0.3) is 5.91 Å². The van der Waals surface area contributed by atoms with E-state index >= 15 is 0 Å². The summed E-state index contributed by atoms with van der Waals surface area (Å²) in [6.07, 6.45) is 4.72. The average molecular weight is 386 g/mol. The van der Waals surface area contributed by atoms with Crippen molar-refractivity contribution in [1.29, 1.82) is 5.26 Å². The molecule has 0 radical (unpaired) electrons. The van der Waals surface area contributed by atoms with Gasteiger partial charge in [-0.05, 0) is 42.5 Å². The summed E-state index contributed by atoms with van der Waals surface area (Å²) in [7, 11) is 1.66. The second kappa shape index (κ2) is 7.05. The summed E-state index contributed by atoms with van der Waals surface area (Å²) in [6.45, 7) is 0. The number of nitrogens with two attached hydrogens (primary N) is 1. The molecular weight excluding hydrogens is 371 g/mol. The molecule has 0 saturated heterocycles. The van der Waals surface area contributed by atoms with Crippen LogP contribution in [0.15, 0.2) is 61.1 Å². The standard InChI is InChI=1S/C21H15FN6O/c1-27(16-4-2-13(10-23)3-5-16)21(29)14-6-7-28-19(9-14)17(12-26-28)15-8-18(22)20(24)25-11-15/h2-9,11-12H,1H3,(H2,24,25). The zero-order chi connectivity index (χ0) is 20.5. The Kier molecular flexibility index (Phi) is 4.41. The second-order valence-corrected chi connectivity index (χ2v) is 6.42. The molecule has 8 heteroatoms. The molecule has 29 heavy (non-hydrogen) atoms. The molecule has 3 heterocycles. The number of benzene rings is 1. The Hall–Kier alpha value is -4.25. The second-order valence-electron chi connectivity index (χ2n) is 6.42. The topological polar surface area (TPSA) is 100 Å². The van der Waals surface area contributed by atoms with Crippen LogP contribution in [0.1, 0.15) is 15.9 Å². The molecule has 0 aliphatic heterocycles. The number of carbonyl (C=O) groups is 1. The van der Waals surface area contributed by atoms with Gasteiger partial charge in [0.15, 0.2) is 11.6 Å². The number of hydrogen-bond donors (Lipinski definition) is 1. The molecule has 7 nitrogen and oxygen atoms in total. The summed E-state index contributed by atoms with van der Waals surface area (Å²) in [5, 5.41) is 13.2. The van der Waals surface area contributed by atoms with Gasteiger partial charge >= 0.3 is 0 Å². The number of aromatic nitrogens is 3. The quantitative estimate of drug-likeness (QED) is 0.582. The maximum absolute atomic E-state index is 13.8. The normalized spacial score (nSPS) is 10.7. The Balaban J connectivity index is 1.71. The summed E-state index contributed by atoms with van der Waals surface area (Å²) in [4.78, 5) is 18.3. The van der Waals surface area contributed by atoms with Gasteiger partial charge in [0, 0.05) is 41.8 Å². The van der Waals surface area contributed by atoms with Crippen LogP contribution in [0.4, 0.5) is 15.9 Å². The Labute approximate surface area is 165 Å². The molecule has 4 rings (SSSR count). The maximum Gasteiger partial charge on any atom is 0.258 e. The molecule has 0 fully saturated rings. The van der Waals surface area contributed by atoms with Crippen molar-refractivity contribution in [2.45, 2.75) is 0 Å². The van der Waals surface area contributed by atoms with Crippen molar-refractivity contribution in [3.63, 3.8) is 0 Å². The third-order valence-electron chi connectivity index (χ3n) is 4.64. The number of nitrogens with zero attached hydrogens (tertiary/aromatic N) is 5. The van der Waals surface area contributed by atoms with E-state index in [1.165, 1.54) is 17.2 Å². The fourth-order valence-corrected chi connectivity index (χ4v) is 3.00. The van der Waals surface area contributed by atoms with Gasteiger partial charge in [0.2, 0.25) is 0 Å². The first-order valence-electron chi connectivity index (χ1n) is 8.65. The Morgan fingerprint density at radius 2 is 1.97 bits per heavy atom. The largest absolute Gasteiger partial charge is 0.381 e. The van der Waals surface area contributed by atoms with Gasteiger partial charge in [-0.3, -0.25) is 4.79 Å². The van der Waals surface area contributed by atoms with Gasteiger partial charge in [-0.15, -0.1) is 0 Å². The fourth-order valence-electron chi connectivity index (χ4n) is 3.00. The van der Waals surface area contributed by atoms with E-state index in [4.69, 9.17) is 11.0 Å². The van der Waals surface area contributed by atoms with E-state index in [0.717, 1.165) is 0 Å². The minimum atomic E-state index is -0.616. The smallest absolute Gasteiger partial charge is 0.258 e. The molecule has 0 aliphatic carbocycles. The molecule has 0 spiro atoms. The number of fused-ring (bicyclic) bond motifs is 1. The van der Waals surface area contributed by atoms with Gasteiger partial charge in [0.05, 0.1) is 23.3 Å². The van der Waals surface area contributed by atoms with E-state index < -0.39 is 5.82 Å². The van der Waals surface area contributed by atoms with Crippen LogP contribution in [-0.2, 0) is 0 Å². The highest BCUT2D eigenvalue weighted by atomic mass is 19.1. The highest BCUT2D eigenvalue weighted by molar-refractivity contribution is 6.06. The van der Waals surface area contributed by atoms with Crippen molar-refractivity contribution in [2.75, 3.05) is 17.7 Å². The van der Waals surface area contributed by atoms with E-state index in [0.29, 0.717) is 33.5 Å². The van der Waals surface area contributed by atoms with E-state index in [9.17, 15) is 9.18 Å². The van der Waals surface area contributed by atoms with Crippen molar-refractivity contribution in [3.05, 3.63) is 78.0 Å². The van der Waals surface area contributed by atoms with Crippen LogP contribution in [0.5, 0.6) is 0 Å². The number of anilines is 2. The minimum absolute atomic E-state index is 0.176. The van der Waals surface area contributed by atoms with E-state index in [2.05, 4.69) is 10.1 Å². The lowest BCUT2D eigenvalue weighted by molar-refractivity contribution is 0.0993. The van der Waals surface area contributed by atoms with E-state index in [1.807, 2.05) is 6.07 Å². The molecular formula is C21H15FN6O. The highest BCUT2D eigenvalue weighted by Gasteiger charge is 2.16. The van der Waals surface area contributed by atoms with Gasteiger partial charge in [-0.2, -0.15) is 10.4 Å². The van der Waals surface area contributed by atoms with Crippen molar-refractivity contribution in [3.8, 4) is 17.2 Å². The average Bonchev–Trinajstić information content (AvgIpc) is 3.18. The molecule has 2 N–H and O–H groups in total. The fraction of sp³-hybridized carbons (Fsp3) is 0.0476. The number of carbonyl (C=O) groups excluding carboxylic acids is 1. The van der Waals surface area contributed by atoms with Crippen LogP contribution in [0.25, 0.3) is 16.6 Å². The molecule has 1 amide bonds. The summed E-state index contributed by atoms with van der Waals surface area (Å²) < 4.78 is 15.4. The Morgan fingerprint density at radius 3 is 2.66 bits per heavy atom. The molecule has 0 atom stereocenters. The zero-order valence-electron chi connectivity index (χ0n) is 15.4. The predicted molar refractivity (Wildman–Crippen MR) is 107 cm³/mol. The summed E-state index contributed by atoms with van der Waals surface area (Å²) in [6, 6.07) is 13.4. The molecule has 3 aromatic heterocycles. The Bertz CT molecular complexity index is 1270. The number of amides is 1. The maximum atomic E-state index is 13.8. The first-order chi connectivity index (χ1) is 14.0. The monoisotopic (exact) mass is 386 g/mol. The van der Waals surface area contributed by atoms with E-state index in [-0.39, 0.29) is 11.7 Å². The lowest BCUT2D eigenvalue weighted by atomic mass is 10.1. The lowest BCUT2D eigenvalue weighted by Gasteiger charge is -2.17. The summed E-state index contributed by atoms with van der Waals surface area (Å²) in [5.74, 6) is -1.02. The zero-order valence-corrected chi connectivity index (χ0v) is 15.4. The first kappa shape index (κ1) is 18.1. The molecule has 0 saturated carbocycles. The van der Waals surface area contributed by atoms with Crippen LogP contribution in [0.3, 0.4) is 0 Å². The van der Waals surface area contributed by atoms with E-state index in [1.54, 1.807) is 60.4 Å². The first-order valence-corrected chi connectivity index (χ1v) is 8.65. The number of nitrogen functional groups attached to an aromatic ring is 1. The third kappa shape index (κ3) is 3.26. The van der Waals surface area contributed by atoms with Crippen LogP contribution >= 0.6 is 0 Å². The van der Waals surface area contributed by atoms with Crippen LogP contribution in [0, 0.1) is 17.1 Å².